The highest BCUT2D eigenvalue weighted by molar-refractivity contribution is 5.99. The zero-order valence-electron chi connectivity index (χ0n) is 16.2. The van der Waals surface area contributed by atoms with Crippen molar-refractivity contribution in [1.82, 2.24) is 0 Å². The lowest BCUT2D eigenvalue weighted by Gasteiger charge is -2.09. The molecule has 4 rings (SSSR count). The number of carbonyl (C=O) groups excluding carboxylic acids is 2. The quantitative estimate of drug-likeness (QED) is 0.225. The third kappa shape index (κ3) is 4.58. The molecule has 0 saturated heterocycles. The normalized spacial score (nSPS) is 14.2. The van der Waals surface area contributed by atoms with Crippen LogP contribution in [0, 0.1) is 10.1 Å². The first-order chi connectivity index (χ1) is 15.0. The van der Waals surface area contributed by atoms with E-state index in [0.29, 0.717) is 36.0 Å². The molecule has 0 radical (unpaired) electrons. The Balaban J connectivity index is 1.39. The number of fused-ring (bicyclic) bond motifs is 2. The molecule has 0 spiro atoms. The Morgan fingerprint density at radius 1 is 1.00 bits per heavy atom. The number of hydrogen-bond acceptors (Lipinski definition) is 9. The van der Waals surface area contributed by atoms with E-state index in [9.17, 15) is 19.7 Å². The topological polar surface area (TPSA) is 123 Å². The summed E-state index contributed by atoms with van der Waals surface area (Å²) in [6, 6.07) is 7.36. The monoisotopic (exact) mass is 427 g/mol. The SMILES string of the molecule is O=C(/C=C/c1cc2c(cc1[N+](=O)[O-])OCO2)OCC(=O)c1ccc2c(c1)OCCCO2. The van der Waals surface area contributed by atoms with Crippen LogP contribution < -0.4 is 18.9 Å². The van der Waals surface area contributed by atoms with E-state index < -0.39 is 23.3 Å². The molecular formula is C21H17NO9. The maximum Gasteiger partial charge on any atom is 0.331 e. The van der Waals surface area contributed by atoms with E-state index >= 15 is 0 Å². The van der Waals surface area contributed by atoms with E-state index in [1.54, 1.807) is 18.2 Å². The van der Waals surface area contributed by atoms with Gasteiger partial charge in [0.05, 0.1) is 29.8 Å². The molecule has 31 heavy (non-hydrogen) atoms. The van der Waals surface area contributed by atoms with Crippen LogP contribution in [0.2, 0.25) is 0 Å². The summed E-state index contributed by atoms with van der Waals surface area (Å²) in [5, 5.41) is 11.3. The molecule has 0 saturated carbocycles. The fraction of sp³-hybridized carbons (Fsp3) is 0.238. The van der Waals surface area contributed by atoms with Gasteiger partial charge in [0.2, 0.25) is 6.79 Å². The summed E-state index contributed by atoms with van der Waals surface area (Å²) in [5.41, 5.74) is 0.199. The van der Waals surface area contributed by atoms with Gasteiger partial charge in [-0.25, -0.2) is 4.79 Å². The Hall–Kier alpha value is -4.08. The smallest absolute Gasteiger partial charge is 0.331 e. The van der Waals surface area contributed by atoms with Gasteiger partial charge in [-0.05, 0) is 30.3 Å². The second-order valence-corrected chi connectivity index (χ2v) is 6.60. The van der Waals surface area contributed by atoms with Crippen molar-refractivity contribution in [3.8, 4) is 23.0 Å². The maximum atomic E-state index is 12.3. The number of nitro groups is 1. The summed E-state index contributed by atoms with van der Waals surface area (Å²) in [6.45, 7) is 0.484. The molecule has 0 N–H and O–H groups in total. The number of Topliss-reactive ketones (excluding diaryl/α,β-unsaturated/α-hetero) is 1. The Kier molecular flexibility index (Phi) is 5.69. The molecule has 2 heterocycles. The van der Waals surface area contributed by atoms with Gasteiger partial charge in [0, 0.05) is 18.1 Å². The first-order valence-electron chi connectivity index (χ1n) is 9.37. The molecule has 10 heteroatoms. The van der Waals surface area contributed by atoms with Gasteiger partial charge in [-0.3, -0.25) is 14.9 Å². The van der Waals surface area contributed by atoms with Crippen molar-refractivity contribution in [3.05, 3.63) is 57.6 Å². The van der Waals surface area contributed by atoms with Crippen LogP contribution in [0.4, 0.5) is 5.69 Å². The highest BCUT2D eigenvalue weighted by Gasteiger charge is 2.22. The third-order valence-electron chi connectivity index (χ3n) is 4.53. The molecular weight excluding hydrogens is 410 g/mol. The Bertz CT molecular complexity index is 1080. The molecule has 0 amide bonds. The van der Waals surface area contributed by atoms with E-state index in [0.717, 1.165) is 12.5 Å². The minimum Gasteiger partial charge on any atom is -0.490 e. The van der Waals surface area contributed by atoms with Crippen molar-refractivity contribution in [3.63, 3.8) is 0 Å². The number of ether oxygens (including phenoxy) is 5. The molecule has 2 aromatic carbocycles. The van der Waals surface area contributed by atoms with Gasteiger partial charge in [-0.1, -0.05) is 0 Å². The average molecular weight is 427 g/mol. The van der Waals surface area contributed by atoms with Crippen molar-refractivity contribution in [2.45, 2.75) is 6.42 Å². The average Bonchev–Trinajstić information content (AvgIpc) is 3.10. The summed E-state index contributed by atoms with van der Waals surface area (Å²) in [6.07, 6.45) is 2.97. The van der Waals surface area contributed by atoms with Crippen LogP contribution in [-0.4, -0.2) is 43.3 Å². The van der Waals surface area contributed by atoms with Crippen molar-refractivity contribution < 1.29 is 38.2 Å². The van der Waals surface area contributed by atoms with Gasteiger partial charge in [0.25, 0.3) is 5.69 Å². The molecule has 0 aliphatic carbocycles. The molecule has 10 nitrogen and oxygen atoms in total. The molecule has 0 unspecified atom stereocenters. The second-order valence-electron chi connectivity index (χ2n) is 6.60. The molecule has 0 aromatic heterocycles. The number of hydrogen-bond donors (Lipinski definition) is 0. The predicted molar refractivity (Wildman–Crippen MR) is 106 cm³/mol. The predicted octanol–water partition coefficient (Wildman–Crippen LogP) is 2.92. The number of benzene rings is 2. The first kappa shape index (κ1) is 20.2. The van der Waals surface area contributed by atoms with Crippen molar-refractivity contribution in [2.75, 3.05) is 26.6 Å². The fourth-order valence-electron chi connectivity index (χ4n) is 3.00. The zero-order valence-corrected chi connectivity index (χ0v) is 16.2. The van der Waals surface area contributed by atoms with Crippen LogP contribution in [-0.2, 0) is 9.53 Å². The molecule has 2 aromatic rings. The standard InChI is InChI=1S/C21H17NO9/c23-16(14-2-4-17-18(9-14)28-7-1-6-27-17)11-29-21(24)5-3-13-8-19-20(31-12-30-19)10-15(13)22(25)26/h2-5,8-10H,1,6-7,11-12H2/b5-3+. The van der Waals surface area contributed by atoms with Gasteiger partial charge in [0.15, 0.2) is 35.4 Å². The van der Waals surface area contributed by atoms with Crippen LogP contribution in [0.15, 0.2) is 36.4 Å². The van der Waals surface area contributed by atoms with E-state index in [-0.39, 0.29) is 23.8 Å². The molecule has 0 fully saturated rings. The molecule has 0 atom stereocenters. The summed E-state index contributed by atoms with van der Waals surface area (Å²) < 4.78 is 26.3. The van der Waals surface area contributed by atoms with E-state index in [4.69, 9.17) is 23.7 Å². The number of esters is 1. The van der Waals surface area contributed by atoms with Crippen LogP contribution >= 0.6 is 0 Å². The van der Waals surface area contributed by atoms with Crippen LogP contribution in [0.1, 0.15) is 22.3 Å². The van der Waals surface area contributed by atoms with Gasteiger partial charge in [-0.15, -0.1) is 0 Å². The highest BCUT2D eigenvalue weighted by Crippen LogP contribution is 2.38. The number of rotatable bonds is 6. The maximum absolute atomic E-state index is 12.3. The van der Waals surface area contributed by atoms with Crippen LogP contribution in [0.5, 0.6) is 23.0 Å². The van der Waals surface area contributed by atoms with E-state index in [2.05, 4.69) is 0 Å². The van der Waals surface area contributed by atoms with E-state index in [1.165, 1.54) is 18.2 Å². The number of carbonyl (C=O) groups is 2. The van der Waals surface area contributed by atoms with Gasteiger partial charge in [-0.2, -0.15) is 0 Å². The van der Waals surface area contributed by atoms with Gasteiger partial charge in [0.1, 0.15) is 0 Å². The van der Waals surface area contributed by atoms with Crippen LogP contribution in [0.3, 0.4) is 0 Å². The second kappa shape index (κ2) is 8.74. The Labute approximate surface area is 176 Å². The van der Waals surface area contributed by atoms with Crippen molar-refractivity contribution >= 4 is 23.5 Å². The summed E-state index contributed by atoms with van der Waals surface area (Å²) in [7, 11) is 0. The number of ketones is 1. The van der Waals surface area contributed by atoms with Crippen molar-refractivity contribution in [2.24, 2.45) is 0 Å². The minimum absolute atomic E-state index is 0.0380. The van der Waals surface area contributed by atoms with Crippen molar-refractivity contribution in [1.29, 1.82) is 0 Å². The lowest BCUT2D eigenvalue weighted by atomic mass is 10.1. The third-order valence-corrected chi connectivity index (χ3v) is 4.53. The molecule has 2 aliphatic heterocycles. The Morgan fingerprint density at radius 2 is 1.71 bits per heavy atom. The summed E-state index contributed by atoms with van der Waals surface area (Å²) in [5.74, 6) is 0.362. The highest BCUT2D eigenvalue weighted by atomic mass is 16.7. The number of nitrogens with zero attached hydrogens (tertiary/aromatic N) is 1. The molecule has 160 valence electrons. The van der Waals surface area contributed by atoms with Gasteiger partial charge < -0.3 is 23.7 Å². The van der Waals surface area contributed by atoms with Gasteiger partial charge >= 0.3 is 5.97 Å². The lowest BCUT2D eigenvalue weighted by molar-refractivity contribution is -0.385. The van der Waals surface area contributed by atoms with E-state index in [1.807, 2.05) is 0 Å². The Morgan fingerprint density at radius 3 is 2.48 bits per heavy atom. The molecule has 2 aliphatic rings. The fourth-order valence-corrected chi connectivity index (χ4v) is 3.00. The largest absolute Gasteiger partial charge is 0.490 e. The zero-order chi connectivity index (χ0) is 21.8. The first-order valence-corrected chi connectivity index (χ1v) is 9.37. The minimum atomic E-state index is -0.824. The molecule has 0 bridgehead atoms. The van der Waals surface area contributed by atoms with Crippen LogP contribution in [0.25, 0.3) is 6.08 Å². The summed E-state index contributed by atoms with van der Waals surface area (Å²) in [4.78, 5) is 35.0. The number of nitro benzene ring substituents is 1. The lowest BCUT2D eigenvalue weighted by Crippen LogP contribution is -2.12. The summed E-state index contributed by atoms with van der Waals surface area (Å²) >= 11 is 0.